The van der Waals surface area contributed by atoms with Gasteiger partial charge in [0.05, 0.1) is 6.20 Å². The van der Waals surface area contributed by atoms with Gasteiger partial charge in [-0.3, -0.25) is 4.57 Å². The molecule has 7 heteroatoms. The van der Waals surface area contributed by atoms with Crippen molar-refractivity contribution in [1.82, 2.24) is 9.55 Å². The number of oxazole rings is 1. The summed E-state index contributed by atoms with van der Waals surface area (Å²) in [5.74, 6) is 5.57. The van der Waals surface area contributed by atoms with Crippen LogP contribution in [0.3, 0.4) is 0 Å². The van der Waals surface area contributed by atoms with Crippen LogP contribution in [0.1, 0.15) is 109 Å². The Bertz CT molecular complexity index is 2250. The molecule has 2 unspecified atom stereocenters. The van der Waals surface area contributed by atoms with Crippen molar-refractivity contribution in [2.75, 3.05) is 9.80 Å². The summed E-state index contributed by atoms with van der Waals surface area (Å²) < 4.78 is 14.9. The average Bonchev–Trinajstić information content (AvgIpc) is 3.96. The van der Waals surface area contributed by atoms with Gasteiger partial charge in [0.2, 0.25) is 0 Å². The van der Waals surface area contributed by atoms with E-state index in [9.17, 15) is 0 Å². The Morgan fingerprint density at radius 1 is 0.696 bits per heavy atom. The van der Waals surface area contributed by atoms with Gasteiger partial charge in [-0.1, -0.05) is 120 Å². The predicted octanol–water partition coefficient (Wildman–Crippen LogP) is 13.3. The predicted molar refractivity (Wildman–Crippen MR) is 222 cm³/mol. The molecule has 56 heavy (non-hydrogen) atoms. The van der Waals surface area contributed by atoms with Crippen LogP contribution in [0.5, 0.6) is 11.5 Å². The first-order chi connectivity index (χ1) is 27.1. The van der Waals surface area contributed by atoms with Crippen LogP contribution in [0.4, 0.5) is 17.1 Å². The zero-order valence-electron chi connectivity index (χ0n) is 32.7. The van der Waals surface area contributed by atoms with Gasteiger partial charge in [0.1, 0.15) is 5.76 Å². The fraction of sp³-hybridized carbons (Fsp3) is 0.429. The molecule has 0 bridgehead atoms. The third-order valence-corrected chi connectivity index (χ3v) is 13.5. The molecule has 4 aliphatic rings. The smallest absolute Gasteiger partial charge is 0.304 e. The molecule has 6 nitrogen and oxygen atoms in total. The van der Waals surface area contributed by atoms with Gasteiger partial charge < -0.3 is 19.0 Å². The van der Waals surface area contributed by atoms with E-state index in [-0.39, 0.29) is 27.0 Å². The molecule has 3 aliphatic carbocycles. The van der Waals surface area contributed by atoms with Crippen molar-refractivity contribution in [3.8, 4) is 17.5 Å². The van der Waals surface area contributed by atoms with Crippen molar-refractivity contribution in [2.24, 2.45) is 23.7 Å². The molecule has 3 heterocycles. The number of aromatic nitrogens is 2. The molecule has 10 rings (SSSR count). The molecule has 294 valence electrons. The van der Waals surface area contributed by atoms with Crippen molar-refractivity contribution in [3.05, 3.63) is 110 Å². The SMILES string of the molecule is CC(C)c1cnc(-n2c3[c-]c(Oc4[c-]c(N5[CH-]N(C6C(C7CCCCC7)CCCC6C6CCCCC6)c6ccccc65)ccc4)ccc3c3ccccc32)o1.[Pt]. The van der Waals surface area contributed by atoms with Gasteiger partial charge in [-0.25, -0.2) is 4.98 Å². The average molecular weight is 925 g/mol. The third-order valence-electron chi connectivity index (χ3n) is 13.5. The topological polar surface area (TPSA) is 46.7 Å². The van der Waals surface area contributed by atoms with E-state index in [0.717, 1.165) is 56.9 Å². The summed E-state index contributed by atoms with van der Waals surface area (Å²) in [4.78, 5) is 9.79. The minimum Gasteiger partial charge on any atom is -0.509 e. The van der Waals surface area contributed by atoms with Crippen LogP contribution >= 0.6 is 0 Å². The van der Waals surface area contributed by atoms with E-state index in [4.69, 9.17) is 9.15 Å². The largest absolute Gasteiger partial charge is 0.509 e. The minimum absolute atomic E-state index is 0. The summed E-state index contributed by atoms with van der Waals surface area (Å²) in [5.41, 5.74) is 5.46. The van der Waals surface area contributed by atoms with Crippen molar-refractivity contribution in [2.45, 2.75) is 109 Å². The fourth-order valence-corrected chi connectivity index (χ4v) is 10.9. The molecule has 0 N–H and O–H groups in total. The molecule has 3 saturated carbocycles. The molecule has 2 aromatic heterocycles. The molecule has 0 saturated heterocycles. The van der Waals surface area contributed by atoms with Crippen LogP contribution in [0.15, 0.2) is 89.5 Å². The zero-order chi connectivity index (χ0) is 36.9. The molecule has 0 amide bonds. The Kier molecular flexibility index (Phi) is 10.8. The zero-order valence-corrected chi connectivity index (χ0v) is 35.0. The number of ether oxygens (including phenoxy) is 1. The van der Waals surface area contributed by atoms with Crippen LogP contribution in [0, 0.1) is 42.5 Å². The van der Waals surface area contributed by atoms with Crippen molar-refractivity contribution in [3.63, 3.8) is 0 Å². The van der Waals surface area contributed by atoms with E-state index in [1.807, 2.05) is 18.3 Å². The standard InChI is InChI=1S/C49H53N4O2.Pt/c1-33(2)47-31-50-49(55-47)53-43-24-10-9-21-41(43)42-28-27-38(30-46(42)53)54-37-20-13-19-36(29-37)51-32-52(45-26-12-11-25-44(45)51)48-39(34-15-5-3-6-16-34)22-14-23-40(48)35-17-7-4-8-18-35;/h9-13,19-21,24-28,31-35,39-40,48H,3-8,14-18,22-23H2,1-2H3;/q-3;. The second-order valence-electron chi connectivity index (χ2n) is 17.1. The van der Waals surface area contributed by atoms with E-state index >= 15 is 0 Å². The molecule has 0 spiro atoms. The summed E-state index contributed by atoms with van der Waals surface area (Å²) in [5, 5.41) is 2.20. The van der Waals surface area contributed by atoms with E-state index in [0.29, 0.717) is 23.6 Å². The van der Waals surface area contributed by atoms with Crippen molar-refractivity contribution >= 4 is 38.9 Å². The van der Waals surface area contributed by atoms with Gasteiger partial charge >= 0.3 is 6.01 Å². The minimum atomic E-state index is 0. The van der Waals surface area contributed by atoms with Gasteiger partial charge in [-0.05, 0) is 60.1 Å². The summed E-state index contributed by atoms with van der Waals surface area (Å²) in [6.07, 6.45) is 20.0. The number of rotatable bonds is 8. The number of benzene rings is 4. The molecular weight excluding hydrogens is 872 g/mol. The molecule has 2 atom stereocenters. The molecule has 0 radical (unpaired) electrons. The van der Waals surface area contributed by atoms with Crippen LogP contribution in [-0.2, 0) is 21.1 Å². The number of hydrogen-bond acceptors (Lipinski definition) is 5. The Morgan fingerprint density at radius 2 is 1.38 bits per heavy atom. The summed E-state index contributed by atoms with van der Waals surface area (Å²) in [6, 6.07) is 36.2. The second kappa shape index (κ2) is 16.1. The number of anilines is 3. The van der Waals surface area contributed by atoms with E-state index in [1.165, 1.54) is 94.8 Å². The van der Waals surface area contributed by atoms with Crippen LogP contribution in [0.25, 0.3) is 27.8 Å². The van der Waals surface area contributed by atoms with Gasteiger partial charge in [0, 0.05) is 61.4 Å². The Balaban J connectivity index is 0.00000410. The maximum Gasteiger partial charge on any atom is 0.304 e. The quantitative estimate of drug-likeness (QED) is 0.142. The van der Waals surface area contributed by atoms with E-state index < -0.39 is 0 Å². The van der Waals surface area contributed by atoms with Gasteiger partial charge in [-0.15, -0.1) is 41.4 Å². The second-order valence-corrected chi connectivity index (χ2v) is 17.1. The van der Waals surface area contributed by atoms with Crippen molar-refractivity contribution in [1.29, 1.82) is 0 Å². The molecule has 4 aromatic carbocycles. The van der Waals surface area contributed by atoms with E-state index in [2.05, 4.69) is 119 Å². The van der Waals surface area contributed by atoms with Crippen LogP contribution < -0.4 is 14.5 Å². The first kappa shape index (κ1) is 37.5. The maximum absolute atomic E-state index is 6.61. The first-order valence-electron chi connectivity index (χ1n) is 21.2. The number of nitrogens with zero attached hydrogens (tertiary/aromatic N) is 4. The third kappa shape index (κ3) is 6.88. The van der Waals surface area contributed by atoms with E-state index in [1.54, 1.807) is 0 Å². The van der Waals surface area contributed by atoms with Crippen molar-refractivity contribution < 1.29 is 30.2 Å². The van der Waals surface area contributed by atoms with Crippen LogP contribution in [-0.4, -0.2) is 15.6 Å². The molecule has 6 aromatic rings. The van der Waals surface area contributed by atoms with Gasteiger partial charge in [0.25, 0.3) is 0 Å². The Hall–Kier alpha value is -4.02. The normalized spacial score (nSPS) is 22.2. The number of para-hydroxylation sites is 3. The Labute approximate surface area is 346 Å². The molecule has 1 aliphatic heterocycles. The first-order valence-corrected chi connectivity index (χ1v) is 21.2. The van der Waals surface area contributed by atoms with Crippen LogP contribution in [0.2, 0.25) is 0 Å². The summed E-state index contributed by atoms with van der Waals surface area (Å²) in [7, 11) is 0. The summed E-state index contributed by atoms with van der Waals surface area (Å²) >= 11 is 0. The van der Waals surface area contributed by atoms with Gasteiger partial charge in [-0.2, -0.15) is 18.8 Å². The number of hydrogen-bond donors (Lipinski definition) is 0. The van der Waals surface area contributed by atoms with Gasteiger partial charge in [0.15, 0.2) is 0 Å². The molecule has 3 fully saturated rings. The molecular formula is C49H53N4O2Pt-3. The monoisotopic (exact) mass is 924 g/mol. The number of fused-ring (bicyclic) bond motifs is 4. The fourth-order valence-electron chi connectivity index (χ4n) is 10.9. The Morgan fingerprint density at radius 3 is 2.09 bits per heavy atom. The summed E-state index contributed by atoms with van der Waals surface area (Å²) in [6.45, 7) is 6.67. The maximum atomic E-state index is 6.61.